The molecule has 3 N–H and O–H groups in total. The molecule has 0 aliphatic heterocycles. The van der Waals surface area contributed by atoms with Gasteiger partial charge in [-0.1, -0.05) is 11.2 Å². The third-order valence-electron chi connectivity index (χ3n) is 4.12. The van der Waals surface area contributed by atoms with Gasteiger partial charge in [-0.05, 0) is 51.5 Å². The van der Waals surface area contributed by atoms with E-state index in [0.717, 1.165) is 12.3 Å². The van der Waals surface area contributed by atoms with Gasteiger partial charge in [0.1, 0.15) is 5.82 Å². The van der Waals surface area contributed by atoms with Gasteiger partial charge in [-0.2, -0.15) is 0 Å². The minimum atomic E-state index is -1.40. The molecule has 2 aromatic rings. The molecule has 32 heavy (non-hydrogen) atoms. The lowest BCUT2D eigenvalue weighted by Gasteiger charge is -2.17. The topological polar surface area (TPSA) is 91.8 Å². The molecule has 172 valence electrons. The Morgan fingerprint density at radius 1 is 1.16 bits per heavy atom. The van der Waals surface area contributed by atoms with E-state index >= 15 is 0 Å². The molecule has 0 fully saturated rings. The number of hydrogen-bond acceptors (Lipinski definition) is 5. The summed E-state index contributed by atoms with van der Waals surface area (Å²) in [4.78, 5) is 28.8. The lowest BCUT2D eigenvalue weighted by atomic mass is 10.1. The minimum absolute atomic E-state index is 0.126. The van der Waals surface area contributed by atoms with E-state index in [1.165, 1.54) is 12.1 Å². The summed E-state index contributed by atoms with van der Waals surface area (Å²) in [6.45, 7) is 6.78. The van der Waals surface area contributed by atoms with E-state index in [2.05, 4.69) is 21.1 Å². The lowest BCUT2D eigenvalue weighted by molar-refractivity contribution is -0.125. The Kier molecular flexibility index (Phi) is 8.62. The maximum atomic E-state index is 14.9. The number of nitrogens with zero attached hydrogens (tertiary/aromatic N) is 1. The van der Waals surface area contributed by atoms with Crippen molar-refractivity contribution in [3.63, 3.8) is 0 Å². The van der Waals surface area contributed by atoms with Crippen LogP contribution < -0.4 is 16.0 Å². The van der Waals surface area contributed by atoms with E-state index in [4.69, 9.17) is 4.84 Å². The van der Waals surface area contributed by atoms with E-state index in [-0.39, 0.29) is 22.9 Å². The van der Waals surface area contributed by atoms with Crippen LogP contribution in [0.5, 0.6) is 0 Å². The molecule has 0 spiro atoms. The smallest absolute Gasteiger partial charge is 0.260 e. The summed E-state index contributed by atoms with van der Waals surface area (Å²) in [5, 5.41) is 11.0. The van der Waals surface area contributed by atoms with Crippen LogP contribution in [0.15, 0.2) is 29.4 Å². The molecule has 2 aromatic carbocycles. The number of likely N-dealkylation sites (N-methyl/N-ethyl adjacent to an activating group) is 1. The Balaban J connectivity index is 2.43. The fourth-order valence-corrected chi connectivity index (χ4v) is 2.68. The minimum Gasteiger partial charge on any atom is -0.386 e. The van der Waals surface area contributed by atoms with Gasteiger partial charge >= 0.3 is 0 Å². The van der Waals surface area contributed by atoms with E-state index in [1.807, 2.05) is 0 Å². The van der Waals surface area contributed by atoms with Crippen molar-refractivity contribution in [1.82, 2.24) is 10.6 Å². The second-order valence-corrected chi connectivity index (χ2v) is 7.21. The number of oxime groups is 1. The van der Waals surface area contributed by atoms with Crippen molar-refractivity contribution in [3.8, 4) is 0 Å². The summed E-state index contributed by atoms with van der Waals surface area (Å²) in [6.07, 6.45) is 0.847. The van der Waals surface area contributed by atoms with E-state index in [0.29, 0.717) is 12.1 Å². The van der Waals surface area contributed by atoms with E-state index in [1.54, 1.807) is 33.8 Å². The Morgan fingerprint density at radius 2 is 1.88 bits per heavy atom. The van der Waals surface area contributed by atoms with Gasteiger partial charge in [0.05, 0.1) is 23.2 Å². The molecule has 7 nitrogen and oxygen atoms in total. The summed E-state index contributed by atoms with van der Waals surface area (Å²) in [6, 6.07) is 4.93. The van der Waals surface area contributed by atoms with Gasteiger partial charge in [-0.25, -0.2) is 13.2 Å². The first-order valence-electron chi connectivity index (χ1n) is 9.92. The summed E-state index contributed by atoms with van der Waals surface area (Å²) in [5.74, 6) is -4.55. The summed E-state index contributed by atoms with van der Waals surface area (Å²) < 4.78 is 43.9. The number of aryl methyl sites for hydroxylation is 1. The fraction of sp³-hybridized carbons (Fsp3) is 0.318. The number of carbonyl (C=O) groups is 2. The highest BCUT2D eigenvalue weighted by Gasteiger charge is 2.23. The molecule has 0 aliphatic rings. The molecule has 0 aliphatic carbocycles. The van der Waals surface area contributed by atoms with Gasteiger partial charge in [-0.3, -0.25) is 9.59 Å². The van der Waals surface area contributed by atoms with Gasteiger partial charge in [0.25, 0.3) is 11.8 Å². The van der Waals surface area contributed by atoms with Crippen LogP contribution in [0.4, 0.5) is 24.5 Å². The molecule has 0 aromatic heterocycles. The highest BCUT2D eigenvalue weighted by Crippen LogP contribution is 2.30. The Hall–Kier alpha value is -3.56. The van der Waals surface area contributed by atoms with Crippen molar-refractivity contribution >= 4 is 29.4 Å². The van der Waals surface area contributed by atoms with Crippen LogP contribution in [0.2, 0.25) is 0 Å². The van der Waals surface area contributed by atoms with Crippen molar-refractivity contribution in [2.45, 2.75) is 33.7 Å². The zero-order valence-electron chi connectivity index (χ0n) is 18.2. The highest BCUT2D eigenvalue weighted by atomic mass is 19.2. The largest absolute Gasteiger partial charge is 0.386 e. The number of hydrogen-bond donors (Lipinski definition) is 3. The van der Waals surface area contributed by atoms with E-state index in [9.17, 15) is 22.8 Å². The van der Waals surface area contributed by atoms with Crippen molar-refractivity contribution in [2.24, 2.45) is 5.16 Å². The van der Waals surface area contributed by atoms with Gasteiger partial charge in [0.2, 0.25) is 0 Å². The number of carbonyl (C=O) groups excluding carboxylic acids is 2. The molecule has 10 heteroatoms. The number of nitrogens with one attached hydrogen (secondary N) is 3. The molecule has 0 saturated carbocycles. The van der Waals surface area contributed by atoms with Crippen molar-refractivity contribution in [2.75, 3.05) is 18.5 Å². The molecule has 2 rings (SSSR count). The fourth-order valence-electron chi connectivity index (χ4n) is 2.68. The van der Waals surface area contributed by atoms with Crippen molar-refractivity contribution in [1.29, 1.82) is 0 Å². The second kappa shape index (κ2) is 11.2. The monoisotopic (exact) mass is 450 g/mol. The second-order valence-electron chi connectivity index (χ2n) is 7.21. The summed E-state index contributed by atoms with van der Waals surface area (Å²) >= 11 is 0. The first-order valence-corrected chi connectivity index (χ1v) is 9.92. The molecule has 0 heterocycles. The molecule has 2 amide bonds. The lowest BCUT2D eigenvalue weighted by Crippen LogP contribution is -2.31. The first kappa shape index (κ1) is 24.7. The maximum absolute atomic E-state index is 14.9. The summed E-state index contributed by atoms with van der Waals surface area (Å²) in [7, 11) is 0. The van der Waals surface area contributed by atoms with Crippen LogP contribution in [0.3, 0.4) is 0 Å². The molecular formula is C22H25F3N4O3. The number of anilines is 2. The van der Waals surface area contributed by atoms with Crippen LogP contribution in [0.1, 0.15) is 42.3 Å². The number of benzene rings is 2. The van der Waals surface area contributed by atoms with Crippen LogP contribution in [0, 0.1) is 24.4 Å². The Morgan fingerprint density at radius 3 is 2.50 bits per heavy atom. The third-order valence-corrected chi connectivity index (χ3v) is 4.12. The average Bonchev–Trinajstić information content (AvgIpc) is 2.71. The van der Waals surface area contributed by atoms with Crippen LogP contribution in [0.25, 0.3) is 0 Å². The maximum Gasteiger partial charge on any atom is 0.260 e. The Bertz CT molecular complexity index is 1030. The molecule has 0 unspecified atom stereocenters. The molecular weight excluding hydrogens is 425 g/mol. The van der Waals surface area contributed by atoms with Crippen LogP contribution in [-0.4, -0.2) is 37.2 Å². The zero-order chi connectivity index (χ0) is 23.8. The van der Waals surface area contributed by atoms with Crippen LogP contribution >= 0.6 is 0 Å². The van der Waals surface area contributed by atoms with Gasteiger partial charge in [-0.15, -0.1) is 0 Å². The number of halogens is 3. The van der Waals surface area contributed by atoms with Gasteiger partial charge < -0.3 is 20.8 Å². The highest BCUT2D eigenvalue weighted by molar-refractivity contribution is 6.02. The number of rotatable bonds is 9. The average molecular weight is 450 g/mol. The third kappa shape index (κ3) is 6.47. The van der Waals surface area contributed by atoms with Crippen molar-refractivity contribution in [3.05, 3.63) is 58.4 Å². The van der Waals surface area contributed by atoms with Crippen molar-refractivity contribution < 1.29 is 27.6 Å². The quantitative estimate of drug-likeness (QED) is 0.401. The molecule has 0 radical (unpaired) electrons. The standard InChI is InChI=1S/C22H25F3N4O3/c1-5-26-18(30)11-32-27-10-14-9-15(22(31)28-12(2)3)21(20(25)19(14)24)29-17-7-6-13(4)8-16(17)23/h6-10,12,29H,5,11H2,1-4H3,(H,26,30)(H,28,31)/b27-10+. The SMILES string of the molecule is CCNC(=O)CO/N=C/c1cc(C(=O)NC(C)C)c(Nc2ccc(C)cc2F)c(F)c1F. The number of amides is 2. The van der Waals surface area contributed by atoms with E-state index < -0.39 is 41.6 Å². The van der Waals surface area contributed by atoms with Gasteiger partial charge in [0.15, 0.2) is 18.2 Å². The molecule has 0 saturated heterocycles. The molecule has 0 atom stereocenters. The normalized spacial score (nSPS) is 11.0. The predicted molar refractivity (Wildman–Crippen MR) is 116 cm³/mol. The van der Waals surface area contributed by atoms with Gasteiger partial charge in [0, 0.05) is 18.2 Å². The predicted octanol–water partition coefficient (Wildman–Crippen LogP) is 3.78. The zero-order valence-corrected chi connectivity index (χ0v) is 18.2. The Labute approximate surface area is 184 Å². The molecule has 0 bridgehead atoms. The summed E-state index contributed by atoms with van der Waals surface area (Å²) in [5.41, 5.74) is -0.662. The first-order chi connectivity index (χ1) is 15.1. The van der Waals surface area contributed by atoms with Crippen LogP contribution in [-0.2, 0) is 9.63 Å².